The zero-order valence-corrected chi connectivity index (χ0v) is 10.6. The first-order valence-electron chi connectivity index (χ1n) is 6.39. The van der Waals surface area contributed by atoms with Crippen LogP contribution in [0.1, 0.15) is 0 Å². The molecule has 4 heteroatoms. The monoisotopic (exact) mass is 261 g/mol. The number of rotatable bonds is 1. The molecule has 0 aliphatic heterocycles. The van der Waals surface area contributed by atoms with Crippen LogP contribution in [-0.2, 0) is 0 Å². The van der Waals surface area contributed by atoms with Crippen LogP contribution in [0.5, 0.6) is 0 Å². The SMILES string of the molecule is O=c1ccc2ccccc2n1-c1nc2ccccc2[nH]1. The molecule has 96 valence electrons. The highest BCUT2D eigenvalue weighted by molar-refractivity contribution is 5.81. The van der Waals surface area contributed by atoms with Crippen molar-refractivity contribution in [3.05, 3.63) is 71.0 Å². The molecule has 0 fully saturated rings. The van der Waals surface area contributed by atoms with Crippen LogP contribution < -0.4 is 5.56 Å². The molecular formula is C16H11N3O. The normalized spacial score (nSPS) is 11.2. The number of imidazole rings is 1. The molecule has 2 aromatic heterocycles. The number of H-pyrrole nitrogens is 1. The van der Waals surface area contributed by atoms with Crippen molar-refractivity contribution in [2.75, 3.05) is 0 Å². The van der Waals surface area contributed by atoms with E-state index in [2.05, 4.69) is 9.97 Å². The number of nitrogens with zero attached hydrogens (tertiary/aromatic N) is 2. The summed E-state index contributed by atoms with van der Waals surface area (Å²) in [5.41, 5.74) is 2.52. The average molecular weight is 261 g/mol. The minimum atomic E-state index is -0.0947. The molecule has 4 aromatic rings. The van der Waals surface area contributed by atoms with Gasteiger partial charge in [0.05, 0.1) is 16.6 Å². The molecule has 1 N–H and O–H groups in total. The number of hydrogen-bond donors (Lipinski definition) is 1. The zero-order chi connectivity index (χ0) is 13.5. The molecular weight excluding hydrogens is 250 g/mol. The van der Waals surface area contributed by atoms with Gasteiger partial charge < -0.3 is 4.98 Å². The number of aromatic nitrogens is 3. The van der Waals surface area contributed by atoms with Crippen LogP contribution in [-0.4, -0.2) is 14.5 Å². The summed E-state index contributed by atoms with van der Waals surface area (Å²) in [6.45, 7) is 0. The van der Waals surface area contributed by atoms with Gasteiger partial charge in [-0.05, 0) is 29.7 Å². The molecule has 0 aliphatic carbocycles. The van der Waals surface area contributed by atoms with E-state index in [1.54, 1.807) is 10.6 Å². The van der Waals surface area contributed by atoms with Gasteiger partial charge in [0.25, 0.3) is 5.56 Å². The molecule has 4 rings (SSSR count). The van der Waals surface area contributed by atoms with Crippen molar-refractivity contribution in [2.45, 2.75) is 0 Å². The summed E-state index contributed by atoms with van der Waals surface area (Å²) in [6, 6.07) is 18.9. The van der Waals surface area contributed by atoms with E-state index in [0.717, 1.165) is 21.9 Å². The van der Waals surface area contributed by atoms with Crippen molar-refractivity contribution in [3.63, 3.8) is 0 Å². The highest BCUT2D eigenvalue weighted by Gasteiger charge is 2.09. The molecule has 4 nitrogen and oxygen atoms in total. The fourth-order valence-electron chi connectivity index (χ4n) is 2.45. The Bertz CT molecular complexity index is 949. The van der Waals surface area contributed by atoms with E-state index in [1.807, 2.05) is 54.6 Å². The first kappa shape index (κ1) is 11.0. The molecule has 2 aromatic carbocycles. The molecule has 0 aliphatic rings. The number of aromatic amines is 1. The summed E-state index contributed by atoms with van der Waals surface area (Å²) in [7, 11) is 0. The lowest BCUT2D eigenvalue weighted by atomic mass is 10.2. The predicted molar refractivity (Wildman–Crippen MR) is 79.2 cm³/mol. The van der Waals surface area contributed by atoms with Crippen molar-refractivity contribution < 1.29 is 0 Å². The molecule has 2 heterocycles. The van der Waals surface area contributed by atoms with Crippen molar-refractivity contribution in [1.82, 2.24) is 14.5 Å². The van der Waals surface area contributed by atoms with Gasteiger partial charge in [0.1, 0.15) is 0 Å². The maximum absolute atomic E-state index is 12.2. The summed E-state index contributed by atoms with van der Waals surface area (Å²) in [5, 5.41) is 1.01. The Morgan fingerprint density at radius 1 is 0.900 bits per heavy atom. The van der Waals surface area contributed by atoms with E-state index >= 15 is 0 Å². The topological polar surface area (TPSA) is 50.7 Å². The molecule has 0 saturated heterocycles. The second kappa shape index (κ2) is 4.06. The maximum atomic E-state index is 12.2. The summed E-state index contributed by atoms with van der Waals surface area (Å²) in [6.07, 6.45) is 0. The number of hydrogen-bond acceptors (Lipinski definition) is 2. The molecule has 0 bridgehead atoms. The molecule has 0 radical (unpaired) electrons. The number of nitrogens with one attached hydrogen (secondary N) is 1. The number of benzene rings is 2. The van der Waals surface area contributed by atoms with Gasteiger partial charge in [-0.3, -0.25) is 4.79 Å². The molecule has 0 saturated carbocycles. The zero-order valence-electron chi connectivity index (χ0n) is 10.6. The third-order valence-electron chi connectivity index (χ3n) is 3.39. The summed E-state index contributed by atoms with van der Waals surface area (Å²) < 4.78 is 1.61. The minimum Gasteiger partial charge on any atom is -0.323 e. The Morgan fingerprint density at radius 3 is 2.60 bits per heavy atom. The van der Waals surface area contributed by atoms with E-state index in [9.17, 15) is 4.79 Å². The van der Waals surface area contributed by atoms with Crippen LogP contribution in [0.25, 0.3) is 27.9 Å². The smallest absolute Gasteiger partial charge is 0.257 e. The van der Waals surface area contributed by atoms with Gasteiger partial charge in [0.15, 0.2) is 0 Å². The highest BCUT2D eigenvalue weighted by atomic mass is 16.1. The molecule has 20 heavy (non-hydrogen) atoms. The van der Waals surface area contributed by atoms with E-state index in [-0.39, 0.29) is 5.56 Å². The summed E-state index contributed by atoms with van der Waals surface area (Å²) in [4.78, 5) is 19.9. The minimum absolute atomic E-state index is 0.0947. The standard InChI is InChI=1S/C16H11N3O/c20-15-10-9-11-5-1-4-8-14(11)19(15)16-17-12-6-2-3-7-13(12)18-16/h1-10H,(H,17,18). The lowest BCUT2D eigenvalue weighted by Gasteiger charge is -2.06. The molecule has 0 atom stereocenters. The summed E-state index contributed by atoms with van der Waals surface area (Å²) >= 11 is 0. The fraction of sp³-hybridized carbons (Fsp3) is 0. The quantitative estimate of drug-likeness (QED) is 0.572. The van der Waals surface area contributed by atoms with Crippen molar-refractivity contribution in [3.8, 4) is 5.95 Å². The first-order valence-corrected chi connectivity index (χ1v) is 6.39. The van der Waals surface area contributed by atoms with Crippen molar-refractivity contribution in [1.29, 1.82) is 0 Å². The van der Waals surface area contributed by atoms with Gasteiger partial charge in [-0.25, -0.2) is 9.55 Å². The van der Waals surface area contributed by atoms with Gasteiger partial charge in [-0.1, -0.05) is 30.3 Å². The fourth-order valence-corrected chi connectivity index (χ4v) is 2.45. The van der Waals surface area contributed by atoms with Gasteiger partial charge in [-0.15, -0.1) is 0 Å². The van der Waals surface area contributed by atoms with E-state index in [0.29, 0.717) is 5.95 Å². The third-order valence-corrected chi connectivity index (χ3v) is 3.39. The van der Waals surface area contributed by atoms with Gasteiger partial charge in [0.2, 0.25) is 5.95 Å². The number of pyridine rings is 1. The number of para-hydroxylation sites is 3. The Kier molecular flexibility index (Phi) is 2.23. The lowest BCUT2D eigenvalue weighted by Crippen LogP contribution is -2.18. The van der Waals surface area contributed by atoms with Gasteiger partial charge in [0, 0.05) is 6.07 Å². The van der Waals surface area contributed by atoms with E-state index in [1.165, 1.54) is 0 Å². The van der Waals surface area contributed by atoms with Crippen LogP contribution in [0.15, 0.2) is 65.5 Å². The first-order chi connectivity index (χ1) is 9.83. The van der Waals surface area contributed by atoms with Crippen LogP contribution >= 0.6 is 0 Å². The molecule has 0 spiro atoms. The Hall–Kier alpha value is -2.88. The average Bonchev–Trinajstić information content (AvgIpc) is 2.90. The highest BCUT2D eigenvalue weighted by Crippen LogP contribution is 2.17. The van der Waals surface area contributed by atoms with E-state index < -0.39 is 0 Å². The van der Waals surface area contributed by atoms with E-state index in [4.69, 9.17) is 0 Å². The summed E-state index contributed by atoms with van der Waals surface area (Å²) in [5.74, 6) is 0.549. The Labute approximate surface area is 114 Å². The Morgan fingerprint density at radius 2 is 1.70 bits per heavy atom. The molecule has 0 amide bonds. The second-order valence-corrected chi connectivity index (χ2v) is 4.64. The van der Waals surface area contributed by atoms with Crippen molar-refractivity contribution in [2.24, 2.45) is 0 Å². The largest absolute Gasteiger partial charge is 0.323 e. The van der Waals surface area contributed by atoms with Gasteiger partial charge in [-0.2, -0.15) is 0 Å². The van der Waals surface area contributed by atoms with Gasteiger partial charge >= 0.3 is 0 Å². The molecule has 0 unspecified atom stereocenters. The Balaban J connectivity index is 2.11. The number of fused-ring (bicyclic) bond motifs is 2. The van der Waals surface area contributed by atoms with Crippen molar-refractivity contribution >= 4 is 21.9 Å². The lowest BCUT2D eigenvalue weighted by molar-refractivity contribution is 0.960. The maximum Gasteiger partial charge on any atom is 0.257 e. The van der Waals surface area contributed by atoms with Crippen LogP contribution in [0.2, 0.25) is 0 Å². The predicted octanol–water partition coefficient (Wildman–Crippen LogP) is 2.87. The van der Waals surface area contributed by atoms with Crippen LogP contribution in [0, 0.1) is 0 Å². The van der Waals surface area contributed by atoms with Crippen LogP contribution in [0.3, 0.4) is 0 Å². The second-order valence-electron chi connectivity index (χ2n) is 4.64. The van der Waals surface area contributed by atoms with Crippen LogP contribution in [0.4, 0.5) is 0 Å². The third kappa shape index (κ3) is 1.55.